The maximum absolute atomic E-state index is 13.4. The van der Waals surface area contributed by atoms with Crippen LogP contribution >= 0.6 is 23.1 Å². The highest BCUT2D eigenvalue weighted by atomic mass is 32.2. The summed E-state index contributed by atoms with van der Waals surface area (Å²) in [6.07, 6.45) is -4.69. The smallest absolute Gasteiger partial charge is 0.324 e. The van der Waals surface area contributed by atoms with Gasteiger partial charge in [0.25, 0.3) is 0 Å². The van der Waals surface area contributed by atoms with Crippen molar-refractivity contribution < 1.29 is 31.9 Å². The van der Waals surface area contributed by atoms with Crippen LogP contribution in [0.5, 0.6) is 0 Å². The number of fused-ring (bicyclic) bond motifs is 2. The lowest BCUT2D eigenvalue weighted by atomic mass is 9.76. The minimum absolute atomic E-state index is 0.218. The molecule has 3 aromatic rings. The number of alkyl halides is 3. The molecule has 0 aliphatic carbocycles. The summed E-state index contributed by atoms with van der Waals surface area (Å²) in [5.74, 6) is -3.22. The Labute approximate surface area is 221 Å². The molecular formula is C25H19F4N3O4S2. The standard InChI is InChI=1S/C25H19F4N3O4S2/c1-24(2)17-18(21(35)32(20(17)34)13-9-7-12(26)8-10-13)37-22-19(24)38-23(36)31(22)11-16(33)30-15-6-4-3-5-14(15)25(27,28)29/h3-10,17-18H,11H2,1-2H3,(H,30,33). The molecule has 1 N–H and O–H groups in total. The molecule has 38 heavy (non-hydrogen) atoms. The van der Waals surface area contributed by atoms with Crippen molar-refractivity contribution in [2.75, 3.05) is 10.2 Å². The molecule has 2 aliphatic heterocycles. The fourth-order valence-electron chi connectivity index (χ4n) is 4.78. The molecule has 0 spiro atoms. The fourth-order valence-corrected chi connectivity index (χ4v) is 7.82. The van der Waals surface area contributed by atoms with Crippen molar-refractivity contribution in [1.29, 1.82) is 0 Å². The first kappa shape index (κ1) is 26.2. The Kier molecular flexibility index (Phi) is 6.26. The van der Waals surface area contributed by atoms with E-state index in [9.17, 15) is 36.7 Å². The lowest BCUT2D eigenvalue weighted by Gasteiger charge is -2.36. The van der Waals surface area contributed by atoms with Crippen molar-refractivity contribution in [1.82, 2.24) is 4.57 Å². The number of rotatable bonds is 4. The molecule has 0 bridgehead atoms. The molecule has 1 saturated heterocycles. The zero-order valence-corrected chi connectivity index (χ0v) is 21.5. The minimum Gasteiger partial charge on any atom is -0.324 e. The molecular weight excluding hydrogens is 546 g/mol. The number of aromatic nitrogens is 1. The quantitative estimate of drug-likeness (QED) is 0.368. The second-order valence-corrected chi connectivity index (χ2v) is 11.5. The van der Waals surface area contributed by atoms with Gasteiger partial charge in [0, 0.05) is 10.3 Å². The Balaban J connectivity index is 1.46. The zero-order valence-electron chi connectivity index (χ0n) is 19.8. The van der Waals surface area contributed by atoms with E-state index < -0.39 is 69.0 Å². The first-order valence-electron chi connectivity index (χ1n) is 11.3. The van der Waals surface area contributed by atoms with Crippen molar-refractivity contribution in [3.05, 3.63) is 74.5 Å². The third kappa shape index (κ3) is 4.23. The molecule has 1 aromatic heterocycles. The maximum atomic E-state index is 13.4. The van der Waals surface area contributed by atoms with Gasteiger partial charge >= 0.3 is 11.0 Å². The summed E-state index contributed by atoms with van der Waals surface area (Å²) in [6, 6.07) is 9.43. The van der Waals surface area contributed by atoms with Crippen LogP contribution in [0.15, 0.2) is 58.4 Å². The number of hydrogen-bond acceptors (Lipinski definition) is 6. The van der Waals surface area contributed by atoms with Crippen LogP contribution in [0.1, 0.15) is 24.3 Å². The maximum Gasteiger partial charge on any atom is 0.418 e. The number of para-hydroxylation sites is 1. The molecule has 2 atom stereocenters. The van der Waals surface area contributed by atoms with Crippen LogP contribution in [0.3, 0.4) is 0 Å². The number of halogens is 4. The van der Waals surface area contributed by atoms with E-state index in [1.807, 2.05) is 0 Å². The van der Waals surface area contributed by atoms with Crippen LogP contribution in [-0.4, -0.2) is 27.5 Å². The Morgan fingerprint density at radius 1 is 1.03 bits per heavy atom. The van der Waals surface area contributed by atoms with Gasteiger partial charge in [0.15, 0.2) is 0 Å². The zero-order chi connectivity index (χ0) is 27.6. The summed E-state index contributed by atoms with van der Waals surface area (Å²) < 4.78 is 54.5. The van der Waals surface area contributed by atoms with Crippen molar-refractivity contribution in [2.45, 2.75) is 42.3 Å². The average Bonchev–Trinajstić information content (AvgIpc) is 3.28. The number of amides is 3. The Bertz CT molecular complexity index is 1530. The Morgan fingerprint density at radius 3 is 2.34 bits per heavy atom. The van der Waals surface area contributed by atoms with Crippen molar-refractivity contribution in [2.24, 2.45) is 5.92 Å². The fraction of sp³-hybridized carbons (Fsp3) is 0.280. The third-order valence-electron chi connectivity index (χ3n) is 6.60. The molecule has 2 aromatic carbocycles. The SMILES string of the molecule is CC1(C)c2sc(=O)n(CC(=O)Nc3ccccc3C(F)(F)F)c2SC2C(=O)N(c3ccc(F)cc3)C(=O)C21. The van der Waals surface area contributed by atoms with Gasteiger partial charge in [-0.3, -0.25) is 23.7 Å². The lowest BCUT2D eigenvalue weighted by Crippen LogP contribution is -2.42. The van der Waals surface area contributed by atoms with E-state index in [1.165, 1.54) is 24.3 Å². The molecule has 2 unspecified atom stereocenters. The van der Waals surface area contributed by atoms with E-state index in [0.29, 0.717) is 9.90 Å². The first-order chi connectivity index (χ1) is 17.8. The number of imide groups is 1. The van der Waals surface area contributed by atoms with E-state index >= 15 is 0 Å². The van der Waals surface area contributed by atoms with E-state index in [-0.39, 0.29) is 5.69 Å². The number of thioether (sulfide) groups is 1. The summed E-state index contributed by atoms with van der Waals surface area (Å²) in [7, 11) is 0. The molecule has 5 rings (SSSR count). The number of carbonyl (C=O) groups excluding carboxylic acids is 3. The average molecular weight is 566 g/mol. The highest BCUT2D eigenvalue weighted by Gasteiger charge is 2.59. The molecule has 7 nitrogen and oxygen atoms in total. The number of benzene rings is 2. The van der Waals surface area contributed by atoms with Crippen molar-refractivity contribution >= 4 is 52.2 Å². The number of thiazole rings is 1. The third-order valence-corrected chi connectivity index (χ3v) is 9.42. The highest BCUT2D eigenvalue weighted by molar-refractivity contribution is 8.00. The van der Waals surface area contributed by atoms with Gasteiger partial charge < -0.3 is 5.32 Å². The minimum atomic E-state index is -4.69. The second kappa shape index (κ2) is 9.09. The van der Waals surface area contributed by atoms with Crippen molar-refractivity contribution in [3.63, 3.8) is 0 Å². The number of nitrogens with zero attached hydrogens (tertiary/aromatic N) is 2. The van der Waals surface area contributed by atoms with Gasteiger partial charge in [0.05, 0.1) is 27.9 Å². The lowest BCUT2D eigenvalue weighted by molar-refractivity contribution is -0.137. The predicted octanol–water partition coefficient (Wildman–Crippen LogP) is 4.65. The van der Waals surface area contributed by atoms with Gasteiger partial charge in [-0.1, -0.05) is 49.1 Å². The summed E-state index contributed by atoms with van der Waals surface area (Å²) in [5, 5.41) is 1.62. The van der Waals surface area contributed by atoms with Gasteiger partial charge in [0.2, 0.25) is 17.7 Å². The molecule has 198 valence electrons. The molecule has 0 radical (unpaired) electrons. The number of carbonyl (C=O) groups is 3. The van der Waals surface area contributed by atoms with Crippen LogP contribution in [0.25, 0.3) is 0 Å². The topological polar surface area (TPSA) is 88.5 Å². The van der Waals surface area contributed by atoms with Crippen LogP contribution in [0.2, 0.25) is 0 Å². The molecule has 0 saturated carbocycles. The van der Waals surface area contributed by atoms with Crippen LogP contribution in [-0.2, 0) is 32.5 Å². The highest BCUT2D eigenvalue weighted by Crippen LogP contribution is 2.54. The molecule has 2 aliphatic rings. The van der Waals surface area contributed by atoms with Gasteiger partial charge in [-0.25, -0.2) is 9.29 Å². The van der Waals surface area contributed by atoms with E-state index in [0.717, 1.165) is 56.8 Å². The molecule has 3 heterocycles. The summed E-state index contributed by atoms with van der Waals surface area (Å²) in [6.45, 7) is 2.87. The Morgan fingerprint density at radius 2 is 1.68 bits per heavy atom. The number of anilines is 2. The van der Waals surface area contributed by atoms with Crippen LogP contribution < -0.4 is 15.1 Å². The summed E-state index contributed by atoms with van der Waals surface area (Å²) in [5.41, 5.74) is -2.22. The van der Waals surface area contributed by atoms with Gasteiger partial charge in [-0.2, -0.15) is 13.2 Å². The molecule has 3 amide bonds. The van der Waals surface area contributed by atoms with E-state index in [2.05, 4.69) is 5.32 Å². The van der Waals surface area contributed by atoms with E-state index in [1.54, 1.807) is 13.8 Å². The van der Waals surface area contributed by atoms with Crippen molar-refractivity contribution in [3.8, 4) is 0 Å². The van der Waals surface area contributed by atoms with Crippen LogP contribution in [0, 0.1) is 11.7 Å². The predicted molar refractivity (Wildman–Crippen MR) is 134 cm³/mol. The number of nitrogens with one attached hydrogen (secondary N) is 1. The second-order valence-electron chi connectivity index (χ2n) is 9.41. The van der Waals surface area contributed by atoms with Gasteiger partial charge in [0.1, 0.15) is 17.6 Å². The molecule has 13 heteroatoms. The molecule has 1 fully saturated rings. The normalized spacial score (nSPS) is 20.3. The largest absolute Gasteiger partial charge is 0.418 e. The monoisotopic (exact) mass is 565 g/mol. The summed E-state index contributed by atoms with van der Waals surface area (Å²) in [4.78, 5) is 53.4. The van der Waals surface area contributed by atoms with Crippen LogP contribution in [0.4, 0.5) is 28.9 Å². The first-order valence-corrected chi connectivity index (χ1v) is 13.0. The van der Waals surface area contributed by atoms with E-state index in [4.69, 9.17) is 0 Å². The van der Waals surface area contributed by atoms with Gasteiger partial charge in [-0.15, -0.1) is 0 Å². The number of hydrogen-bond donors (Lipinski definition) is 1. The van der Waals surface area contributed by atoms with Gasteiger partial charge in [-0.05, 0) is 36.4 Å². The summed E-state index contributed by atoms with van der Waals surface area (Å²) >= 11 is 1.80. The Hall–Kier alpha value is -3.45.